The molecule has 0 bridgehead atoms. The molecule has 0 spiro atoms. The molecule has 1 atom stereocenters. The molecule has 0 saturated carbocycles. The van der Waals surface area contributed by atoms with Gasteiger partial charge in [-0.15, -0.1) is 0 Å². The zero-order valence-electron chi connectivity index (χ0n) is 21.0. The summed E-state index contributed by atoms with van der Waals surface area (Å²) in [6, 6.07) is 20.0. The summed E-state index contributed by atoms with van der Waals surface area (Å²) in [6.07, 6.45) is 1.39. The number of benzene rings is 2. The third-order valence-corrected chi connectivity index (χ3v) is 6.28. The van der Waals surface area contributed by atoms with E-state index in [0.29, 0.717) is 19.6 Å². The zero-order chi connectivity index (χ0) is 24.5. The van der Waals surface area contributed by atoms with Crippen molar-refractivity contribution < 1.29 is 14.6 Å². The number of aliphatic hydroxyl groups is 1. The highest BCUT2D eigenvalue weighted by Crippen LogP contribution is 2.32. The lowest BCUT2D eigenvalue weighted by Gasteiger charge is -2.31. The fourth-order valence-electron chi connectivity index (χ4n) is 4.58. The number of para-hydroxylation sites is 2. The highest BCUT2D eigenvalue weighted by molar-refractivity contribution is 5.43. The van der Waals surface area contributed by atoms with E-state index in [-0.39, 0.29) is 0 Å². The van der Waals surface area contributed by atoms with Crippen molar-refractivity contribution in [1.29, 1.82) is 0 Å². The van der Waals surface area contributed by atoms with Gasteiger partial charge < -0.3 is 14.6 Å². The lowest BCUT2D eigenvalue weighted by molar-refractivity contribution is 0.00622. The quantitative estimate of drug-likeness (QED) is 0.422. The van der Waals surface area contributed by atoms with Crippen LogP contribution >= 0.6 is 0 Å². The molecule has 188 valence electrons. The Morgan fingerprint density at radius 3 is 2.37 bits per heavy atom. The van der Waals surface area contributed by atoms with Crippen LogP contribution in [0.1, 0.15) is 31.5 Å². The van der Waals surface area contributed by atoms with Crippen LogP contribution in [0.5, 0.6) is 11.6 Å². The molecule has 1 aromatic heterocycles. The van der Waals surface area contributed by atoms with Crippen molar-refractivity contribution in [3.63, 3.8) is 0 Å². The number of rotatable bonds is 12. The van der Waals surface area contributed by atoms with Gasteiger partial charge in [0.2, 0.25) is 5.88 Å². The number of hydrogen-bond donors (Lipinski definition) is 1. The van der Waals surface area contributed by atoms with Crippen molar-refractivity contribution in [2.45, 2.75) is 39.3 Å². The number of hydrogen-bond acceptors (Lipinski definition) is 6. The molecule has 3 aromatic rings. The lowest BCUT2D eigenvalue weighted by Crippen LogP contribution is -2.44. The molecule has 0 amide bonds. The zero-order valence-corrected chi connectivity index (χ0v) is 21.0. The first kappa shape index (κ1) is 25.4. The molecule has 2 aromatic carbocycles. The first-order valence-corrected chi connectivity index (χ1v) is 12.8. The molecule has 35 heavy (non-hydrogen) atoms. The number of aryl methyl sites for hydroxylation is 1. The number of aliphatic hydroxyl groups excluding tert-OH is 1. The minimum absolute atomic E-state index is 0.424. The van der Waals surface area contributed by atoms with E-state index >= 15 is 0 Å². The second kappa shape index (κ2) is 12.8. The number of morpholine rings is 1. The average Bonchev–Trinajstić information content (AvgIpc) is 3.22. The number of ether oxygens (including phenoxy) is 2. The Kier molecular flexibility index (Phi) is 9.31. The van der Waals surface area contributed by atoms with Crippen LogP contribution in [0, 0.1) is 0 Å². The van der Waals surface area contributed by atoms with Crippen LogP contribution in [0.3, 0.4) is 0 Å². The summed E-state index contributed by atoms with van der Waals surface area (Å²) in [5.74, 6) is 1.52. The van der Waals surface area contributed by atoms with Gasteiger partial charge in [0.15, 0.2) is 0 Å². The van der Waals surface area contributed by atoms with Crippen LogP contribution in [0.4, 0.5) is 0 Å². The van der Waals surface area contributed by atoms with Crippen molar-refractivity contribution in [3.05, 3.63) is 71.9 Å². The van der Waals surface area contributed by atoms with Crippen LogP contribution in [0.15, 0.2) is 60.7 Å². The highest BCUT2D eigenvalue weighted by Gasteiger charge is 2.24. The van der Waals surface area contributed by atoms with Crippen molar-refractivity contribution in [2.75, 3.05) is 45.9 Å². The Morgan fingerprint density at radius 1 is 1.03 bits per heavy atom. The molecular formula is C28H38N4O3. The van der Waals surface area contributed by atoms with E-state index in [1.54, 1.807) is 0 Å². The van der Waals surface area contributed by atoms with Crippen molar-refractivity contribution in [2.24, 2.45) is 0 Å². The van der Waals surface area contributed by atoms with Crippen molar-refractivity contribution in [3.8, 4) is 17.3 Å². The van der Waals surface area contributed by atoms with Crippen LogP contribution < -0.4 is 4.74 Å². The van der Waals surface area contributed by atoms with Gasteiger partial charge in [0.25, 0.3) is 0 Å². The predicted octanol–water partition coefficient (Wildman–Crippen LogP) is 4.13. The number of aromatic nitrogens is 2. The van der Waals surface area contributed by atoms with Gasteiger partial charge in [0, 0.05) is 32.7 Å². The molecule has 1 N–H and O–H groups in total. The van der Waals surface area contributed by atoms with Gasteiger partial charge in [-0.1, -0.05) is 50.2 Å². The van der Waals surface area contributed by atoms with Crippen LogP contribution in [0.25, 0.3) is 5.69 Å². The van der Waals surface area contributed by atoms with Gasteiger partial charge >= 0.3 is 0 Å². The summed E-state index contributed by atoms with van der Waals surface area (Å²) >= 11 is 0. The average molecular weight is 479 g/mol. The van der Waals surface area contributed by atoms with Gasteiger partial charge in [-0.3, -0.25) is 9.80 Å². The topological polar surface area (TPSA) is 63.0 Å². The van der Waals surface area contributed by atoms with E-state index in [2.05, 4.69) is 23.6 Å². The van der Waals surface area contributed by atoms with E-state index < -0.39 is 6.10 Å². The van der Waals surface area contributed by atoms with Crippen LogP contribution in [0.2, 0.25) is 0 Å². The molecule has 7 nitrogen and oxygen atoms in total. The first-order valence-electron chi connectivity index (χ1n) is 12.8. The Hall–Kier alpha value is -2.71. The van der Waals surface area contributed by atoms with Gasteiger partial charge in [0.05, 0.1) is 36.3 Å². The van der Waals surface area contributed by atoms with Gasteiger partial charge in [-0.25, -0.2) is 4.68 Å². The van der Waals surface area contributed by atoms with E-state index in [0.717, 1.165) is 74.3 Å². The standard InChI is InChI=1S/C28H38N4O3/c1-3-15-31(21-24(33)20-30-16-18-34-19-17-30)22-26-27(4-2)29-32(23-11-7-5-8-12-23)28(26)35-25-13-9-6-10-14-25/h5-14,24,33H,3-4,15-22H2,1-2H3. The second-order valence-electron chi connectivity index (χ2n) is 9.05. The second-order valence-corrected chi connectivity index (χ2v) is 9.05. The normalized spacial score (nSPS) is 15.4. The van der Waals surface area contributed by atoms with Gasteiger partial charge in [-0.05, 0) is 43.7 Å². The van der Waals surface area contributed by atoms with Gasteiger partial charge in [0.1, 0.15) is 5.75 Å². The summed E-state index contributed by atoms with van der Waals surface area (Å²) in [5.41, 5.74) is 3.06. The van der Waals surface area contributed by atoms with E-state index in [1.807, 2.05) is 65.3 Å². The molecule has 4 rings (SSSR count). The van der Waals surface area contributed by atoms with E-state index in [9.17, 15) is 5.11 Å². The van der Waals surface area contributed by atoms with E-state index in [1.165, 1.54) is 0 Å². The van der Waals surface area contributed by atoms with Crippen LogP contribution in [-0.2, 0) is 17.7 Å². The fraction of sp³-hybridized carbons (Fsp3) is 0.464. The first-order chi connectivity index (χ1) is 17.2. The summed E-state index contributed by atoms with van der Waals surface area (Å²) in [5, 5.41) is 15.9. The molecule has 1 unspecified atom stereocenters. The summed E-state index contributed by atoms with van der Waals surface area (Å²) in [4.78, 5) is 4.61. The fourth-order valence-corrected chi connectivity index (χ4v) is 4.58. The maximum absolute atomic E-state index is 10.9. The Bertz CT molecular complexity index is 1020. The molecule has 1 fully saturated rings. The molecule has 1 saturated heterocycles. The molecule has 2 heterocycles. The number of nitrogens with zero attached hydrogens (tertiary/aromatic N) is 4. The maximum Gasteiger partial charge on any atom is 0.227 e. The predicted molar refractivity (Wildman–Crippen MR) is 138 cm³/mol. The minimum Gasteiger partial charge on any atom is -0.439 e. The molecule has 7 heteroatoms. The van der Waals surface area contributed by atoms with Gasteiger partial charge in [-0.2, -0.15) is 5.10 Å². The monoisotopic (exact) mass is 478 g/mol. The van der Waals surface area contributed by atoms with Crippen molar-refractivity contribution in [1.82, 2.24) is 19.6 Å². The molecule has 0 aliphatic carbocycles. The summed E-state index contributed by atoms with van der Waals surface area (Å²) in [7, 11) is 0. The SMILES string of the molecule is CCCN(Cc1c(CC)nn(-c2ccccc2)c1Oc1ccccc1)CC(O)CN1CCOCC1. The maximum atomic E-state index is 10.9. The summed E-state index contributed by atoms with van der Waals surface area (Å²) < 4.78 is 13.8. The minimum atomic E-state index is -0.424. The third-order valence-electron chi connectivity index (χ3n) is 6.28. The molecular weight excluding hydrogens is 440 g/mol. The number of β-amino-alcohol motifs (C(OH)–C–C–N with tert-alkyl or cyclic N) is 1. The highest BCUT2D eigenvalue weighted by atomic mass is 16.5. The molecule has 1 aliphatic heterocycles. The smallest absolute Gasteiger partial charge is 0.227 e. The largest absolute Gasteiger partial charge is 0.439 e. The van der Waals surface area contributed by atoms with E-state index in [4.69, 9.17) is 14.6 Å². The lowest BCUT2D eigenvalue weighted by atomic mass is 10.1. The molecule has 1 aliphatic rings. The summed E-state index contributed by atoms with van der Waals surface area (Å²) in [6.45, 7) is 10.4. The third kappa shape index (κ3) is 6.92. The van der Waals surface area contributed by atoms with Crippen LogP contribution in [-0.4, -0.2) is 76.7 Å². The Balaban J connectivity index is 1.60. The van der Waals surface area contributed by atoms with Crippen molar-refractivity contribution >= 4 is 0 Å². The Morgan fingerprint density at radius 2 is 1.71 bits per heavy atom. The molecule has 0 radical (unpaired) electrons. The Labute approximate surface area is 208 Å².